The summed E-state index contributed by atoms with van der Waals surface area (Å²) < 4.78 is 1.40. The predicted octanol–water partition coefficient (Wildman–Crippen LogP) is -0.0615. The van der Waals surface area contributed by atoms with Crippen molar-refractivity contribution in [3.8, 4) is 0 Å². The van der Waals surface area contributed by atoms with Gasteiger partial charge in [-0.3, -0.25) is 9.59 Å². The van der Waals surface area contributed by atoms with Gasteiger partial charge in [-0.1, -0.05) is 11.3 Å². The van der Waals surface area contributed by atoms with Crippen molar-refractivity contribution in [2.24, 2.45) is 5.73 Å². The van der Waals surface area contributed by atoms with E-state index in [1.807, 2.05) is 6.92 Å². The van der Waals surface area contributed by atoms with E-state index in [0.717, 1.165) is 21.9 Å². The molecule has 0 radical (unpaired) electrons. The zero-order chi connectivity index (χ0) is 10.9. The Morgan fingerprint density at radius 2 is 2.21 bits per heavy atom. The number of aryl methyl sites for hydroxylation is 1. The number of aliphatic carboxylic acids is 1. The molecule has 3 N–H and O–H groups in total. The van der Waals surface area contributed by atoms with E-state index >= 15 is 0 Å². The first-order chi connectivity index (χ1) is 6.43. The molecule has 0 aliphatic rings. The number of carboxylic acid groups (broad SMARTS) is 1. The highest BCUT2D eigenvalue weighted by atomic mass is 32.1. The van der Waals surface area contributed by atoms with Gasteiger partial charge in [0.15, 0.2) is 0 Å². The fraction of sp³-hybridized carbons (Fsp3) is 0.500. The summed E-state index contributed by atoms with van der Waals surface area (Å²) in [5.41, 5.74) is 6.13. The van der Waals surface area contributed by atoms with E-state index < -0.39 is 12.0 Å². The Bertz CT molecular complexity index is 407. The van der Waals surface area contributed by atoms with Gasteiger partial charge in [-0.05, 0) is 13.8 Å². The highest BCUT2D eigenvalue weighted by Crippen LogP contribution is 2.09. The molecule has 0 aliphatic carbocycles. The van der Waals surface area contributed by atoms with Gasteiger partial charge in [0, 0.05) is 10.6 Å². The summed E-state index contributed by atoms with van der Waals surface area (Å²) in [7, 11) is 0. The number of aromatic nitrogens is 1. The first-order valence-corrected chi connectivity index (χ1v) is 4.90. The minimum absolute atomic E-state index is 0.0321. The SMILES string of the molecule is Cc1sc(=O)n(CC(N)C(=O)O)c1C. The molecule has 14 heavy (non-hydrogen) atoms. The second kappa shape index (κ2) is 3.93. The van der Waals surface area contributed by atoms with E-state index in [0.29, 0.717) is 0 Å². The average molecular weight is 216 g/mol. The molecule has 1 atom stereocenters. The molecule has 1 unspecified atom stereocenters. The summed E-state index contributed by atoms with van der Waals surface area (Å²) in [6, 6.07) is -1.03. The number of carbonyl (C=O) groups is 1. The molecule has 0 aliphatic heterocycles. The summed E-state index contributed by atoms with van der Waals surface area (Å²) in [5, 5.41) is 8.59. The highest BCUT2D eigenvalue weighted by Gasteiger charge is 2.16. The number of hydrogen-bond donors (Lipinski definition) is 2. The van der Waals surface area contributed by atoms with Crippen LogP contribution in [0.25, 0.3) is 0 Å². The fourth-order valence-corrected chi connectivity index (χ4v) is 1.91. The summed E-state index contributed by atoms with van der Waals surface area (Å²) in [4.78, 5) is 22.6. The van der Waals surface area contributed by atoms with Crippen LogP contribution >= 0.6 is 11.3 Å². The molecule has 1 aromatic heterocycles. The molecule has 78 valence electrons. The lowest BCUT2D eigenvalue weighted by Crippen LogP contribution is -2.37. The molecule has 1 heterocycles. The van der Waals surface area contributed by atoms with Gasteiger partial charge < -0.3 is 15.4 Å². The Kier molecular flexibility index (Phi) is 3.07. The Labute approximate surface area is 84.8 Å². The van der Waals surface area contributed by atoms with Crippen LogP contribution in [0.1, 0.15) is 10.6 Å². The van der Waals surface area contributed by atoms with Crippen molar-refractivity contribution in [2.45, 2.75) is 26.4 Å². The molecular weight excluding hydrogens is 204 g/mol. The molecule has 1 rings (SSSR count). The number of nitrogens with zero attached hydrogens (tertiary/aromatic N) is 1. The molecule has 0 amide bonds. The summed E-state index contributed by atoms with van der Waals surface area (Å²) >= 11 is 1.11. The lowest BCUT2D eigenvalue weighted by molar-refractivity contribution is -0.138. The van der Waals surface area contributed by atoms with E-state index in [9.17, 15) is 9.59 Å². The first kappa shape index (κ1) is 10.9. The second-order valence-electron chi connectivity index (χ2n) is 3.06. The highest BCUT2D eigenvalue weighted by molar-refractivity contribution is 7.09. The van der Waals surface area contributed by atoms with Crippen LogP contribution in [0.4, 0.5) is 0 Å². The molecule has 0 saturated carbocycles. The minimum Gasteiger partial charge on any atom is -0.480 e. The maximum Gasteiger partial charge on any atom is 0.322 e. The zero-order valence-electron chi connectivity index (χ0n) is 7.98. The van der Waals surface area contributed by atoms with E-state index in [1.54, 1.807) is 6.92 Å². The van der Waals surface area contributed by atoms with Crippen molar-refractivity contribution in [3.63, 3.8) is 0 Å². The molecular formula is C8H12N2O3S. The van der Waals surface area contributed by atoms with Crippen molar-refractivity contribution in [1.82, 2.24) is 4.57 Å². The zero-order valence-corrected chi connectivity index (χ0v) is 8.80. The molecule has 0 bridgehead atoms. The summed E-state index contributed by atoms with van der Waals surface area (Å²) in [5.74, 6) is -1.10. The number of nitrogens with two attached hydrogens (primary N) is 1. The molecule has 1 aromatic rings. The van der Waals surface area contributed by atoms with Crippen LogP contribution in [-0.2, 0) is 11.3 Å². The van der Waals surface area contributed by atoms with Crippen LogP contribution in [0.15, 0.2) is 4.79 Å². The quantitative estimate of drug-likeness (QED) is 0.741. The first-order valence-electron chi connectivity index (χ1n) is 4.08. The maximum absolute atomic E-state index is 11.4. The van der Waals surface area contributed by atoms with Crippen molar-refractivity contribution >= 4 is 17.3 Å². The molecule has 5 nitrogen and oxygen atoms in total. The topological polar surface area (TPSA) is 85.3 Å². The fourth-order valence-electron chi connectivity index (χ4n) is 1.07. The monoisotopic (exact) mass is 216 g/mol. The Morgan fingerprint density at radius 3 is 2.57 bits per heavy atom. The molecule has 0 spiro atoms. The van der Waals surface area contributed by atoms with Gasteiger partial charge in [-0.15, -0.1) is 0 Å². The van der Waals surface area contributed by atoms with Crippen LogP contribution in [-0.4, -0.2) is 21.7 Å². The summed E-state index contributed by atoms with van der Waals surface area (Å²) in [6.45, 7) is 3.64. The predicted molar refractivity (Wildman–Crippen MR) is 53.7 cm³/mol. The van der Waals surface area contributed by atoms with Gasteiger partial charge in [-0.25, -0.2) is 0 Å². The minimum atomic E-state index is -1.10. The normalized spacial score (nSPS) is 12.8. The van der Waals surface area contributed by atoms with E-state index in [1.165, 1.54) is 4.57 Å². The standard InChI is InChI=1S/C8H12N2O3S/c1-4-5(2)14-8(13)10(4)3-6(9)7(11)12/h6H,3,9H2,1-2H3,(H,11,12). The third-order valence-corrected chi connectivity index (χ3v) is 3.07. The van der Waals surface area contributed by atoms with Gasteiger partial charge in [-0.2, -0.15) is 0 Å². The van der Waals surface area contributed by atoms with Gasteiger partial charge >= 0.3 is 10.8 Å². The second-order valence-corrected chi connectivity index (χ2v) is 4.23. The number of rotatable bonds is 3. The number of thiazole rings is 1. The van der Waals surface area contributed by atoms with Gasteiger partial charge in [0.1, 0.15) is 6.04 Å². The number of carboxylic acids is 1. The molecule has 0 saturated heterocycles. The molecule has 6 heteroatoms. The van der Waals surface area contributed by atoms with Crippen molar-refractivity contribution in [2.75, 3.05) is 0 Å². The molecule has 0 fully saturated rings. The van der Waals surface area contributed by atoms with Crippen LogP contribution < -0.4 is 10.6 Å². The van der Waals surface area contributed by atoms with Crippen LogP contribution in [0.2, 0.25) is 0 Å². The molecule has 0 aromatic carbocycles. The Hall–Kier alpha value is -1.14. The average Bonchev–Trinajstić information content (AvgIpc) is 2.32. The van der Waals surface area contributed by atoms with E-state index in [-0.39, 0.29) is 11.4 Å². The van der Waals surface area contributed by atoms with Crippen molar-refractivity contribution < 1.29 is 9.90 Å². The largest absolute Gasteiger partial charge is 0.480 e. The number of hydrogen-bond acceptors (Lipinski definition) is 4. The van der Waals surface area contributed by atoms with Gasteiger partial charge in [0.25, 0.3) is 0 Å². The van der Waals surface area contributed by atoms with Gasteiger partial charge in [0.05, 0.1) is 6.54 Å². The van der Waals surface area contributed by atoms with E-state index in [4.69, 9.17) is 10.8 Å². The van der Waals surface area contributed by atoms with Crippen LogP contribution in [0, 0.1) is 13.8 Å². The van der Waals surface area contributed by atoms with E-state index in [2.05, 4.69) is 0 Å². The lowest BCUT2D eigenvalue weighted by Gasteiger charge is -2.08. The van der Waals surface area contributed by atoms with Crippen LogP contribution in [0.5, 0.6) is 0 Å². The lowest BCUT2D eigenvalue weighted by atomic mass is 10.3. The maximum atomic E-state index is 11.4. The van der Waals surface area contributed by atoms with Crippen molar-refractivity contribution in [1.29, 1.82) is 0 Å². The smallest absolute Gasteiger partial charge is 0.322 e. The van der Waals surface area contributed by atoms with Crippen LogP contribution in [0.3, 0.4) is 0 Å². The third-order valence-electron chi connectivity index (χ3n) is 2.07. The van der Waals surface area contributed by atoms with Gasteiger partial charge in [0.2, 0.25) is 0 Å². The Balaban J connectivity index is 2.97. The Morgan fingerprint density at radius 1 is 1.64 bits per heavy atom. The summed E-state index contributed by atoms with van der Waals surface area (Å²) in [6.07, 6.45) is 0. The van der Waals surface area contributed by atoms with Crippen molar-refractivity contribution in [3.05, 3.63) is 20.2 Å². The third kappa shape index (κ3) is 2.02.